The molecule has 2 rings (SSSR count). The van der Waals surface area contributed by atoms with E-state index in [0.717, 1.165) is 24.5 Å². The highest BCUT2D eigenvalue weighted by Crippen LogP contribution is 2.24. The maximum atomic E-state index is 5.98. The molecule has 18 heavy (non-hydrogen) atoms. The van der Waals surface area contributed by atoms with E-state index >= 15 is 0 Å². The molecular formula is C11H13Cl2N5. The quantitative estimate of drug-likeness (QED) is 0.858. The lowest BCUT2D eigenvalue weighted by molar-refractivity contribution is 0.633. The topological polar surface area (TPSA) is 55.6 Å². The van der Waals surface area contributed by atoms with Crippen molar-refractivity contribution >= 4 is 23.2 Å². The van der Waals surface area contributed by atoms with Gasteiger partial charge in [0.2, 0.25) is 0 Å². The van der Waals surface area contributed by atoms with Crippen LogP contribution in [0.4, 0.5) is 0 Å². The Morgan fingerprint density at radius 3 is 2.83 bits per heavy atom. The molecule has 0 radical (unpaired) electrons. The summed E-state index contributed by atoms with van der Waals surface area (Å²) in [4.78, 5) is 0. The van der Waals surface area contributed by atoms with Crippen molar-refractivity contribution in [2.45, 2.75) is 19.9 Å². The Kier molecular flexibility index (Phi) is 4.52. The number of hydrogen-bond donors (Lipinski definition) is 1. The van der Waals surface area contributed by atoms with Crippen LogP contribution in [0.1, 0.15) is 19.2 Å². The number of halogens is 2. The zero-order chi connectivity index (χ0) is 13.0. The lowest BCUT2D eigenvalue weighted by Gasteiger charge is -2.06. The summed E-state index contributed by atoms with van der Waals surface area (Å²) in [6.07, 6.45) is 1.06. The Bertz CT molecular complexity index is 526. The third kappa shape index (κ3) is 2.98. The monoisotopic (exact) mass is 285 g/mol. The molecule has 7 heteroatoms. The molecule has 0 aliphatic heterocycles. The molecule has 5 nitrogen and oxygen atoms in total. The van der Waals surface area contributed by atoms with Gasteiger partial charge in [0.05, 0.1) is 22.3 Å². The van der Waals surface area contributed by atoms with E-state index in [4.69, 9.17) is 23.2 Å². The van der Waals surface area contributed by atoms with Gasteiger partial charge in [0.15, 0.2) is 5.82 Å². The van der Waals surface area contributed by atoms with Crippen molar-refractivity contribution in [2.75, 3.05) is 6.54 Å². The fourth-order valence-electron chi connectivity index (χ4n) is 1.51. The van der Waals surface area contributed by atoms with Crippen LogP contribution >= 0.6 is 23.2 Å². The molecule has 0 saturated heterocycles. The van der Waals surface area contributed by atoms with E-state index in [-0.39, 0.29) is 0 Å². The minimum absolute atomic E-state index is 0.483. The van der Waals surface area contributed by atoms with Crippen LogP contribution in [0, 0.1) is 0 Å². The molecule has 0 unspecified atom stereocenters. The highest BCUT2D eigenvalue weighted by molar-refractivity contribution is 6.42. The van der Waals surface area contributed by atoms with Crippen molar-refractivity contribution in [2.24, 2.45) is 0 Å². The summed E-state index contributed by atoms with van der Waals surface area (Å²) in [5.41, 5.74) is 0.794. The molecule has 0 bridgehead atoms. The maximum absolute atomic E-state index is 5.98. The van der Waals surface area contributed by atoms with Gasteiger partial charge in [-0.15, -0.1) is 5.10 Å². The van der Waals surface area contributed by atoms with Gasteiger partial charge >= 0.3 is 0 Å². The highest BCUT2D eigenvalue weighted by Gasteiger charge is 2.09. The average molecular weight is 286 g/mol. The SMILES string of the molecule is CCCNCc1nnnn1-c1ccc(Cl)c(Cl)c1. The van der Waals surface area contributed by atoms with Gasteiger partial charge < -0.3 is 5.32 Å². The van der Waals surface area contributed by atoms with Crippen molar-refractivity contribution in [3.8, 4) is 5.69 Å². The van der Waals surface area contributed by atoms with Gasteiger partial charge in [-0.05, 0) is 41.6 Å². The molecule has 0 spiro atoms. The Labute approximate surface area is 115 Å². The van der Waals surface area contributed by atoms with Crippen molar-refractivity contribution in [3.63, 3.8) is 0 Å². The molecule has 1 aromatic heterocycles. The lowest BCUT2D eigenvalue weighted by atomic mass is 10.3. The molecule has 2 aromatic rings. The smallest absolute Gasteiger partial charge is 0.170 e. The lowest BCUT2D eigenvalue weighted by Crippen LogP contribution is -2.17. The molecule has 1 heterocycles. The van der Waals surface area contributed by atoms with Gasteiger partial charge in [-0.2, -0.15) is 4.68 Å². The number of tetrazole rings is 1. The van der Waals surface area contributed by atoms with E-state index in [1.54, 1.807) is 16.8 Å². The first kappa shape index (κ1) is 13.3. The highest BCUT2D eigenvalue weighted by atomic mass is 35.5. The van der Waals surface area contributed by atoms with Crippen molar-refractivity contribution in [3.05, 3.63) is 34.1 Å². The number of hydrogen-bond acceptors (Lipinski definition) is 4. The van der Waals surface area contributed by atoms with E-state index in [1.165, 1.54) is 0 Å². The van der Waals surface area contributed by atoms with Gasteiger partial charge in [0.1, 0.15) is 0 Å². The summed E-state index contributed by atoms with van der Waals surface area (Å²) in [5.74, 6) is 0.738. The summed E-state index contributed by atoms with van der Waals surface area (Å²) in [6.45, 7) is 3.64. The predicted octanol–water partition coefficient (Wildman–Crippen LogP) is 2.47. The second kappa shape index (κ2) is 6.13. The van der Waals surface area contributed by atoms with Gasteiger partial charge in [-0.3, -0.25) is 0 Å². The summed E-state index contributed by atoms with van der Waals surface area (Å²) in [5, 5.41) is 15.9. The zero-order valence-electron chi connectivity index (χ0n) is 9.90. The third-order valence-corrected chi connectivity index (χ3v) is 3.13. The van der Waals surface area contributed by atoms with Crippen LogP contribution in [0.2, 0.25) is 10.0 Å². The van der Waals surface area contributed by atoms with E-state index < -0.39 is 0 Å². The van der Waals surface area contributed by atoms with Crippen LogP contribution in [0.3, 0.4) is 0 Å². The fraction of sp³-hybridized carbons (Fsp3) is 0.364. The number of aromatic nitrogens is 4. The summed E-state index contributed by atoms with van der Waals surface area (Å²) < 4.78 is 1.64. The number of nitrogens with zero attached hydrogens (tertiary/aromatic N) is 4. The van der Waals surface area contributed by atoms with Gasteiger partial charge in [-0.1, -0.05) is 30.1 Å². The van der Waals surface area contributed by atoms with Crippen molar-refractivity contribution < 1.29 is 0 Å². The fourth-order valence-corrected chi connectivity index (χ4v) is 1.80. The first-order valence-corrected chi connectivity index (χ1v) is 6.41. The van der Waals surface area contributed by atoms with E-state index in [0.29, 0.717) is 16.6 Å². The van der Waals surface area contributed by atoms with Crippen LogP contribution < -0.4 is 5.32 Å². The first-order chi connectivity index (χ1) is 8.72. The molecule has 96 valence electrons. The molecule has 0 atom stereocenters. The molecule has 0 aliphatic carbocycles. The zero-order valence-corrected chi connectivity index (χ0v) is 11.4. The second-order valence-electron chi connectivity index (χ2n) is 3.78. The molecule has 1 aromatic carbocycles. The van der Waals surface area contributed by atoms with Crippen molar-refractivity contribution in [1.29, 1.82) is 0 Å². The van der Waals surface area contributed by atoms with E-state index in [9.17, 15) is 0 Å². The minimum atomic E-state index is 0.483. The summed E-state index contributed by atoms with van der Waals surface area (Å²) in [6, 6.07) is 5.29. The Morgan fingerprint density at radius 1 is 1.28 bits per heavy atom. The van der Waals surface area contributed by atoms with Crippen LogP contribution in [-0.2, 0) is 6.54 Å². The van der Waals surface area contributed by atoms with E-state index in [2.05, 4.69) is 27.8 Å². The molecule has 0 aliphatic rings. The second-order valence-corrected chi connectivity index (χ2v) is 4.60. The largest absolute Gasteiger partial charge is 0.310 e. The molecule has 0 amide bonds. The van der Waals surface area contributed by atoms with Crippen LogP contribution in [0.25, 0.3) is 5.69 Å². The average Bonchev–Trinajstić information content (AvgIpc) is 2.81. The Balaban J connectivity index is 2.22. The van der Waals surface area contributed by atoms with Gasteiger partial charge in [-0.25, -0.2) is 0 Å². The standard InChI is InChI=1S/C11H13Cl2N5/c1-2-5-14-7-11-15-16-17-18(11)8-3-4-9(12)10(13)6-8/h3-4,6,14H,2,5,7H2,1H3. The first-order valence-electron chi connectivity index (χ1n) is 5.65. The summed E-state index contributed by atoms with van der Waals surface area (Å²) in [7, 11) is 0. The van der Waals surface area contributed by atoms with E-state index in [1.807, 2.05) is 6.07 Å². The molecule has 0 fully saturated rings. The number of benzene rings is 1. The number of rotatable bonds is 5. The Morgan fingerprint density at radius 2 is 2.11 bits per heavy atom. The van der Waals surface area contributed by atoms with Gasteiger partial charge in [0.25, 0.3) is 0 Å². The number of nitrogens with one attached hydrogen (secondary N) is 1. The maximum Gasteiger partial charge on any atom is 0.170 e. The Hall–Kier alpha value is -1.17. The molecular weight excluding hydrogens is 273 g/mol. The van der Waals surface area contributed by atoms with Crippen LogP contribution in [0.5, 0.6) is 0 Å². The third-order valence-electron chi connectivity index (χ3n) is 2.39. The van der Waals surface area contributed by atoms with Crippen LogP contribution in [-0.4, -0.2) is 26.8 Å². The van der Waals surface area contributed by atoms with Crippen LogP contribution in [0.15, 0.2) is 18.2 Å². The molecule has 1 N–H and O–H groups in total. The normalized spacial score (nSPS) is 10.8. The summed E-state index contributed by atoms with van der Waals surface area (Å²) >= 11 is 11.9. The minimum Gasteiger partial charge on any atom is -0.310 e. The predicted molar refractivity (Wildman–Crippen MR) is 71.2 cm³/mol. The van der Waals surface area contributed by atoms with Gasteiger partial charge in [0, 0.05) is 0 Å². The molecule has 0 saturated carbocycles. The van der Waals surface area contributed by atoms with Crippen molar-refractivity contribution in [1.82, 2.24) is 25.5 Å².